The molecule has 0 unspecified atom stereocenters. The first-order valence-electron chi connectivity index (χ1n) is 3.28. The minimum absolute atomic E-state index is 0.440. The van der Waals surface area contributed by atoms with Crippen molar-refractivity contribution in [3.05, 3.63) is 23.2 Å². The summed E-state index contributed by atoms with van der Waals surface area (Å²) in [5, 5.41) is 10.1. The van der Waals surface area contributed by atoms with E-state index < -0.39 is 0 Å². The van der Waals surface area contributed by atoms with Crippen LogP contribution in [-0.4, -0.2) is 25.4 Å². The summed E-state index contributed by atoms with van der Waals surface area (Å²) in [7, 11) is 0. The zero-order valence-electron chi connectivity index (χ0n) is 5.98. The molecule has 5 nitrogen and oxygen atoms in total. The molecule has 0 fully saturated rings. The monoisotopic (exact) mass is 179 g/mol. The zero-order chi connectivity index (χ0) is 8.39. The molecule has 0 saturated carbocycles. The summed E-state index contributed by atoms with van der Waals surface area (Å²) in [5.74, 6) is 0. The average molecular weight is 179 g/mol. The van der Waals surface area contributed by atoms with E-state index in [1.165, 1.54) is 0 Å². The molecule has 0 radical (unpaired) electrons. The molecule has 2 aromatic rings. The molecule has 0 aliphatic heterocycles. The minimum atomic E-state index is 0.440. The van der Waals surface area contributed by atoms with Crippen LogP contribution >= 0.6 is 12.2 Å². The topological polar surface area (TPSA) is 70.2 Å². The van der Waals surface area contributed by atoms with Gasteiger partial charge in [-0.1, -0.05) is 0 Å². The Morgan fingerprint density at radius 1 is 1.42 bits per heavy atom. The normalized spacial score (nSPS) is 10.0. The lowest BCUT2D eigenvalue weighted by molar-refractivity contribution is 0.940. The van der Waals surface area contributed by atoms with Crippen molar-refractivity contribution < 1.29 is 0 Å². The van der Waals surface area contributed by atoms with Crippen LogP contribution in [0, 0.1) is 4.77 Å². The van der Waals surface area contributed by atoms with E-state index in [0.29, 0.717) is 4.77 Å². The summed E-state index contributed by atoms with van der Waals surface area (Å²) in [5.41, 5.74) is 1.53. The number of aromatic amines is 2. The second-order valence-electron chi connectivity index (χ2n) is 2.14. The molecule has 0 saturated heterocycles. The highest BCUT2D eigenvalue weighted by Gasteiger charge is 1.98. The van der Waals surface area contributed by atoms with Gasteiger partial charge in [0.1, 0.15) is 5.69 Å². The number of hydrogen-bond acceptors (Lipinski definition) is 4. The third kappa shape index (κ3) is 1.24. The summed E-state index contributed by atoms with van der Waals surface area (Å²) in [4.78, 5) is 6.74. The molecule has 0 aromatic carbocycles. The highest BCUT2D eigenvalue weighted by atomic mass is 32.1. The van der Waals surface area contributed by atoms with Crippen LogP contribution in [0.15, 0.2) is 18.5 Å². The van der Waals surface area contributed by atoms with Crippen molar-refractivity contribution in [2.45, 2.75) is 0 Å². The third-order valence-corrected chi connectivity index (χ3v) is 1.57. The Balaban J connectivity index is 2.55. The van der Waals surface area contributed by atoms with Gasteiger partial charge in [-0.15, -0.1) is 0 Å². The van der Waals surface area contributed by atoms with E-state index in [9.17, 15) is 0 Å². The molecule has 2 aromatic heterocycles. The highest BCUT2D eigenvalue weighted by Crippen LogP contribution is 2.09. The van der Waals surface area contributed by atoms with Gasteiger partial charge in [0.25, 0.3) is 0 Å². The molecule has 0 spiro atoms. The first-order chi connectivity index (χ1) is 5.86. The maximum atomic E-state index is 4.85. The Morgan fingerprint density at radius 3 is 3.00 bits per heavy atom. The lowest BCUT2D eigenvalue weighted by atomic mass is 10.3. The standard InChI is InChI=1S/C6H5N5S/c12-6-7-2-1-4(9-6)5-3-8-11-10-5/h1-3H,(H,7,9,12)(H,8,10,11). The largest absolute Gasteiger partial charge is 0.329 e. The van der Waals surface area contributed by atoms with Crippen molar-refractivity contribution >= 4 is 12.2 Å². The predicted molar refractivity (Wildman–Crippen MR) is 44.8 cm³/mol. The fourth-order valence-corrected chi connectivity index (χ4v) is 1.02. The molecular weight excluding hydrogens is 174 g/mol. The van der Waals surface area contributed by atoms with Crippen LogP contribution in [0.2, 0.25) is 0 Å². The molecule has 0 aliphatic rings. The van der Waals surface area contributed by atoms with Crippen LogP contribution in [0.5, 0.6) is 0 Å². The Bertz CT molecular complexity index is 418. The van der Waals surface area contributed by atoms with Gasteiger partial charge in [-0.3, -0.25) is 0 Å². The van der Waals surface area contributed by atoms with Crippen molar-refractivity contribution in [1.29, 1.82) is 0 Å². The molecule has 12 heavy (non-hydrogen) atoms. The van der Waals surface area contributed by atoms with Crippen molar-refractivity contribution in [2.24, 2.45) is 0 Å². The van der Waals surface area contributed by atoms with Gasteiger partial charge in [0.2, 0.25) is 0 Å². The number of rotatable bonds is 1. The maximum absolute atomic E-state index is 4.85. The second-order valence-corrected chi connectivity index (χ2v) is 2.53. The van der Waals surface area contributed by atoms with Gasteiger partial charge in [0.05, 0.1) is 11.9 Å². The van der Waals surface area contributed by atoms with E-state index in [2.05, 4.69) is 25.4 Å². The first-order valence-corrected chi connectivity index (χ1v) is 3.68. The van der Waals surface area contributed by atoms with E-state index >= 15 is 0 Å². The lowest BCUT2D eigenvalue weighted by Crippen LogP contribution is -1.85. The molecule has 2 rings (SSSR count). The van der Waals surface area contributed by atoms with E-state index in [1.54, 1.807) is 18.5 Å². The molecular formula is C6H5N5S. The summed E-state index contributed by atoms with van der Waals surface area (Å²) >= 11 is 4.85. The predicted octanol–water partition coefficient (Wildman–Crippen LogP) is 0.924. The summed E-state index contributed by atoms with van der Waals surface area (Å²) in [6.45, 7) is 0. The smallest absolute Gasteiger partial charge is 0.197 e. The molecule has 0 atom stereocenters. The molecule has 0 bridgehead atoms. The van der Waals surface area contributed by atoms with Gasteiger partial charge in [-0.05, 0) is 18.3 Å². The van der Waals surface area contributed by atoms with Gasteiger partial charge < -0.3 is 4.98 Å². The molecule has 60 valence electrons. The molecule has 6 heteroatoms. The highest BCUT2D eigenvalue weighted by molar-refractivity contribution is 7.71. The van der Waals surface area contributed by atoms with Crippen molar-refractivity contribution in [3.63, 3.8) is 0 Å². The summed E-state index contributed by atoms with van der Waals surface area (Å²) < 4.78 is 0.440. The van der Waals surface area contributed by atoms with E-state index in [4.69, 9.17) is 12.2 Å². The fraction of sp³-hybridized carbons (Fsp3) is 0. The van der Waals surface area contributed by atoms with E-state index in [0.717, 1.165) is 11.4 Å². The molecule has 2 heterocycles. The van der Waals surface area contributed by atoms with Crippen molar-refractivity contribution in [3.8, 4) is 11.4 Å². The van der Waals surface area contributed by atoms with Gasteiger partial charge in [0.15, 0.2) is 4.77 Å². The molecule has 2 N–H and O–H groups in total. The lowest BCUT2D eigenvalue weighted by Gasteiger charge is -1.92. The van der Waals surface area contributed by atoms with Gasteiger partial charge >= 0.3 is 0 Å². The van der Waals surface area contributed by atoms with Gasteiger partial charge in [-0.2, -0.15) is 15.4 Å². The Hall–Kier alpha value is -1.56. The van der Waals surface area contributed by atoms with Gasteiger partial charge in [-0.25, -0.2) is 4.98 Å². The Labute approximate surface area is 72.9 Å². The van der Waals surface area contributed by atoms with E-state index in [1.807, 2.05) is 0 Å². The number of nitrogens with zero attached hydrogens (tertiary/aromatic N) is 3. The average Bonchev–Trinajstić information content (AvgIpc) is 2.56. The zero-order valence-corrected chi connectivity index (χ0v) is 6.80. The maximum Gasteiger partial charge on any atom is 0.197 e. The van der Waals surface area contributed by atoms with Crippen molar-refractivity contribution in [2.75, 3.05) is 0 Å². The second kappa shape index (κ2) is 2.82. The number of H-pyrrole nitrogens is 2. The van der Waals surface area contributed by atoms with Crippen LogP contribution in [0.3, 0.4) is 0 Å². The minimum Gasteiger partial charge on any atom is -0.329 e. The third-order valence-electron chi connectivity index (χ3n) is 1.37. The van der Waals surface area contributed by atoms with Crippen LogP contribution in [0.25, 0.3) is 11.4 Å². The van der Waals surface area contributed by atoms with Crippen LogP contribution < -0.4 is 0 Å². The first kappa shape index (κ1) is 7.11. The Kier molecular flexibility index (Phi) is 1.67. The summed E-state index contributed by atoms with van der Waals surface area (Å²) in [6.07, 6.45) is 3.24. The fourth-order valence-electron chi connectivity index (χ4n) is 0.849. The molecule has 0 amide bonds. The molecule has 0 aliphatic carbocycles. The Morgan fingerprint density at radius 2 is 2.33 bits per heavy atom. The number of nitrogens with one attached hydrogen (secondary N) is 2. The quantitative estimate of drug-likeness (QED) is 0.639. The number of aromatic nitrogens is 5. The van der Waals surface area contributed by atoms with Crippen LogP contribution in [0.4, 0.5) is 0 Å². The number of hydrogen-bond donors (Lipinski definition) is 2. The SMILES string of the molecule is S=c1nccc(-c2cn[nH]n2)[nH]1. The summed E-state index contributed by atoms with van der Waals surface area (Å²) in [6, 6.07) is 1.79. The van der Waals surface area contributed by atoms with Gasteiger partial charge in [0, 0.05) is 6.20 Å². The van der Waals surface area contributed by atoms with Crippen LogP contribution in [0.1, 0.15) is 0 Å². The van der Waals surface area contributed by atoms with Crippen molar-refractivity contribution in [1.82, 2.24) is 25.4 Å². The van der Waals surface area contributed by atoms with E-state index in [-0.39, 0.29) is 0 Å². The van der Waals surface area contributed by atoms with Crippen LogP contribution in [-0.2, 0) is 0 Å².